The monoisotopic (exact) mass is 271 g/mol. The van der Waals surface area contributed by atoms with Gasteiger partial charge in [0, 0.05) is 17.9 Å². The normalized spacial score (nSPS) is 12.1. The van der Waals surface area contributed by atoms with Crippen molar-refractivity contribution in [1.29, 1.82) is 5.26 Å². The lowest BCUT2D eigenvalue weighted by Crippen LogP contribution is -1.93. The minimum Gasteiger partial charge on any atom is -0.507 e. The molecule has 0 aliphatic rings. The van der Waals surface area contributed by atoms with Crippen molar-refractivity contribution in [3.8, 4) is 23.2 Å². The Morgan fingerprint density at radius 3 is 2.60 bits per heavy atom. The first-order chi connectivity index (χ1) is 9.52. The third kappa shape index (κ3) is 2.80. The van der Waals surface area contributed by atoms with Crippen LogP contribution < -0.4 is 0 Å². The summed E-state index contributed by atoms with van der Waals surface area (Å²) in [6.45, 7) is 5.63. The molecule has 2 aromatic rings. The third-order valence-corrected chi connectivity index (χ3v) is 3.30. The van der Waals surface area contributed by atoms with E-state index in [1.54, 1.807) is 0 Å². The lowest BCUT2D eigenvalue weighted by atomic mass is 10.0. The van der Waals surface area contributed by atoms with Gasteiger partial charge in [0.1, 0.15) is 5.75 Å². The van der Waals surface area contributed by atoms with Gasteiger partial charge in [0.15, 0.2) is 0 Å². The van der Waals surface area contributed by atoms with Gasteiger partial charge in [-0.3, -0.25) is 0 Å². The van der Waals surface area contributed by atoms with Crippen LogP contribution in [-0.2, 0) is 0 Å². The molecule has 1 unspecified atom stereocenters. The zero-order valence-electron chi connectivity index (χ0n) is 11.8. The van der Waals surface area contributed by atoms with E-state index < -0.39 is 0 Å². The first-order valence-corrected chi connectivity index (χ1v) is 6.54. The molecular formula is C15H17N3O2. The SMILES string of the molecule is Cc1cc(-c2noc(C(C)CCC#N)n2)cc(C)c1O. The molecule has 0 aliphatic carbocycles. The van der Waals surface area contributed by atoms with Crippen LogP contribution >= 0.6 is 0 Å². The van der Waals surface area contributed by atoms with E-state index in [4.69, 9.17) is 9.78 Å². The van der Waals surface area contributed by atoms with E-state index in [0.29, 0.717) is 30.3 Å². The average Bonchev–Trinajstić information content (AvgIpc) is 2.91. The summed E-state index contributed by atoms with van der Waals surface area (Å²) in [6.07, 6.45) is 1.17. The Bertz CT molecular complexity index is 632. The molecule has 20 heavy (non-hydrogen) atoms. The lowest BCUT2D eigenvalue weighted by molar-refractivity contribution is 0.355. The Kier molecular flexibility index (Phi) is 4.04. The highest BCUT2D eigenvalue weighted by Crippen LogP contribution is 2.28. The van der Waals surface area contributed by atoms with Gasteiger partial charge >= 0.3 is 0 Å². The molecule has 2 rings (SSSR count). The van der Waals surface area contributed by atoms with Crippen LogP contribution in [0.5, 0.6) is 5.75 Å². The second-order valence-electron chi connectivity index (χ2n) is 5.01. The highest BCUT2D eigenvalue weighted by Gasteiger charge is 2.16. The van der Waals surface area contributed by atoms with Crippen LogP contribution in [0.15, 0.2) is 16.7 Å². The molecule has 0 saturated carbocycles. The van der Waals surface area contributed by atoms with Crippen molar-refractivity contribution in [3.63, 3.8) is 0 Å². The van der Waals surface area contributed by atoms with E-state index in [1.807, 2.05) is 32.9 Å². The van der Waals surface area contributed by atoms with Gasteiger partial charge in [-0.15, -0.1) is 0 Å². The number of phenolic OH excluding ortho intramolecular Hbond substituents is 1. The lowest BCUT2D eigenvalue weighted by Gasteiger charge is -2.04. The van der Waals surface area contributed by atoms with Crippen LogP contribution in [0.1, 0.15) is 42.7 Å². The molecule has 0 fully saturated rings. The molecule has 0 aliphatic heterocycles. The summed E-state index contributed by atoms with van der Waals surface area (Å²) in [4.78, 5) is 4.38. The van der Waals surface area contributed by atoms with Crippen molar-refractivity contribution < 1.29 is 9.63 Å². The van der Waals surface area contributed by atoms with Gasteiger partial charge in [0.25, 0.3) is 0 Å². The van der Waals surface area contributed by atoms with E-state index in [2.05, 4.69) is 16.2 Å². The quantitative estimate of drug-likeness (QED) is 0.920. The smallest absolute Gasteiger partial charge is 0.229 e. The molecule has 1 heterocycles. The summed E-state index contributed by atoms with van der Waals surface area (Å²) in [5.41, 5.74) is 2.38. The van der Waals surface area contributed by atoms with Crippen molar-refractivity contribution in [2.45, 2.75) is 39.5 Å². The Labute approximate surface area is 117 Å². The van der Waals surface area contributed by atoms with Crippen LogP contribution in [0.2, 0.25) is 0 Å². The molecule has 1 atom stereocenters. The minimum atomic E-state index is 0.0650. The maximum absolute atomic E-state index is 9.77. The van der Waals surface area contributed by atoms with Crippen molar-refractivity contribution in [2.24, 2.45) is 0 Å². The number of nitrogens with zero attached hydrogens (tertiary/aromatic N) is 3. The van der Waals surface area contributed by atoms with Crippen LogP contribution in [0.4, 0.5) is 0 Å². The molecule has 1 N–H and O–H groups in total. The topological polar surface area (TPSA) is 82.9 Å². The van der Waals surface area contributed by atoms with E-state index in [-0.39, 0.29) is 5.92 Å². The molecule has 5 nitrogen and oxygen atoms in total. The number of aryl methyl sites for hydroxylation is 2. The van der Waals surface area contributed by atoms with Crippen LogP contribution in [0.25, 0.3) is 11.4 Å². The molecule has 0 spiro atoms. The molecule has 1 aromatic carbocycles. The van der Waals surface area contributed by atoms with Crippen molar-refractivity contribution in [1.82, 2.24) is 10.1 Å². The van der Waals surface area contributed by atoms with Crippen molar-refractivity contribution >= 4 is 0 Å². The Balaban J connectivity index is 2.27. The van der Waals surface area contributed by atoms with Crippen LogP contribution in [0.3, 0.4) is 0 Å². The average molecular weight is 271 g/mol. The Morgan fingerprint density at radius 2 is 2.00 bits per heavy atom. The summed E-state index contributed by atoms with van der Waals surface area (Å²) < 4.78 is 5.25. The van der Waals surface area contributed by atoms with Crippen LogP contribution in [0, 0.1) is 25.2 Å². The van der Waals surface area contributed by atoms with Gasteiger partial charge in [0.2, 0.25) is 11.7 Å². The number of nitriles is 1. The molecule has 1 aromatic heterocycles. The number of benzene rings is 1. The second-order valence-corrected chi connectivity index (χ2v) is 5.01. The standard InChI is InChI=1S/C15H17N3O2/c1-9(5-4-6-16)15-17-14(18-20-15)12-7-10(2)13(19)11(3)8-12/h7-9,19H,4-5H2,1-3H3. The van der Waals surface area contributed by atoms with Gasteiger partial charge in [-0.05, 0) is 43.5 Å². The van der Waals surface area contributed by atoms with Crippen molar-refractivity contribution in [2.75, 3.05) is 0 Å². The third-order valence-electron chi connectivity index (χ3n) is 3.30. The minimum absolute atomic E-state index is 0.0650. The van der Waals surface area contributed by atoms with Gasteiger partial charge in [0.05, 0.1) is 6.07 Å². The van der Waals surface area contributed by atoms with Gasteiger partial charge in [-0.25, -0.2) is 0 Å². The van der Waals surface area contributed by atoms with E-state index in [0.717, 1.165) is 16.7 Å². The first-order valence-electron chi connectivity index (χ1n) is 6.54. The van der Waals surface area contributed by atoms with E-state index in [9.17, 15) is 5.11 Å². The molecule has 0 saturated heterocycles. The molecule has 0 radical (unpaired) electrons. The summed E-state index contributed by atoms with van der Waals surface area (Å²) >= 11 is 0. The maximum Gasteiger partial charge on any atom is 0.229 e. The number of rotatable bonds is 4. The molecule has 0 bridgehead atoms. The zero-order chi connectivity index (χ0) is 14.7. The Hall–Kier alpha value is -2.35. The second kappa shape index (κ2) is 5.74. The fourth-order valence-corrected chi connectivity index (χ4v) is 2.04. The molecule has 5 heteroatoms. The largest absolute Gasteiger partial charge is 0.507 e. The number of phenols is 1. The number of hydrogen-bond acceptors (Lipinski definition) is 5. The van der Waals surface area contributed by atoms with Crippen LogP contribution in [-0.4, -0.2) is 15.2 Å². The number of hydrogen-bond donors (Lipinski definition) is 1. The number of aromatic nitrogens is 2. The molecule has 0 amide bonds. The fourth-order valence-electron chi connectivity index (χ4n) is 2.04. The molecule has 104 valence electrons. The maximum atomic E-state index is 9.77. The summed E-state index contributed by atoms with van der Waals surface area (Å²) in [5.74, 6) is 1.41. The van der Waals surface area contributed by atoms with E-state index >= 15 is 0 Å². The fraction of sp³-hybridized carbons (Fsp3) is 0.400. The number of aromatic hydroxyl groups is 1. The predicted octanol–water partition coefficient (Wildman–Crippen LogP) is 3.47. The first kappa shape index (κ1) is 14.1. The Morgan fingerprint density at radius 1 is 1.35 bits per heavy atom. The van der Waals surface area contributed by atoms with Crippen molar-refractivity contribution in [3.05, 3.63) is 29.2 Å². The zero-order valence-corrected chi connectivity index (χ0v) is 11.8. The summed E-state index contributed by atoms with van der Waals surface area (Å²) in [7, 11) is 0. The predicted molar refractivity (Wildman–Crippen MR) is 74.1 cm³/mol. The van der Waals surface area contributed by atoms with E-state index in [1.165, 1.54) is 0 Å². The highest BCUT2D eigenvalue weighted by molar-refractivity contribution is 5.60. The van der Waals surface area contributed by atoms with Gasteiger partial charge in [-0.2, -0.15) is 10.2 Å². The van der Waals surface area contributed by atoms with Gasteiger partial charge < -0.3 is 9.63 Å². The summed E-state index contributed by atoms with van der Waals surface area (Å²) in [5, 5.41) is 22.3. The molecular weight excluding hydrogens is 254 g/mol. The summed E-state index contributed by atoms with van der Waals surface area (Å²) in [6, 6.07) is 5.77. The van der Waals surface area contributed by atoms with Gasteiger partial charge in [-0.1, -0.05) is 12.1 Å². The highest BCUT2D eigenvalue weighted by atomic mass is 16.5.